The maximum Gasteiger partial charge on any atom is 0.261 e. The quantitative estimate of drug-likeness (QED) is 0.663. The third-order valence-electron chi connectivity index (χ3n) is 3.96. The minimum absolute atomic E-state index is 0.0947. The molecule has 0 aliphatic heterocycles. The molecule has 1 amide bonds. The van der Waals surface area contributed by atoms with Crippen LogP contribution >= 0.6 is 0 Å². The summed E-state index contributed by atoms with van der Waals surface area (Å²) < 4.78 is 6.62. The fourth-order valence-electron chi connectivity index (χ4n) is 2.51. The molecular formula is C20H17N3O3. The summed E-state index contributed by atoms with van der Waals surface area (Å²) in [6, 6.07) is 14.0. The number of likely N-dealkylation sites (N-methyl/N-ethyl adjacent to an activating group) is 1. The zero-order valence-electron chi connectivity index (χ0n) is 14.3. The molecule has 26 heavy (non-hydrogen) atoms. The number of hydrogen-bond donors (Lipinski definition) is 0. The van der Waals surface area contributed by atoms with Gasteiger partial charge in [-0.1, -0.05) is 18.1 Å². The fourth-order valence-corrected chi connectivity index (χ4v) is 2.51. The van der Waals surface area contributed by atoms with E-state index in [2.05, 4.69) is 10.9 Å². The summed E-state index contributed by atoms with van der Waals surface area (Å²) in [5.74, 6) is 2.78. The molecule has 0 bridgehead atoms. The first-order valence-electron chi connectivity index (χ1n) is 7.97. The van der Waals surface area contributed by atoms with Gasteiger partial charge in [0.2, 0.25) is 5.91 Å². The van der Waals surface area contributed by atoms with E-state index in [1.165, 1.54) is 15.8 Å². The molecule has 6 heteroatoms. The van der Waals surface area contributed by atoms with Gasteiger partial charge in [-0.15, -0.1) is 6.42 Å². The Hall–Kier alpha value is -3.59. The van der Waals surface area contributed by atoms with Crippen LogP contribution in [0.3, 0.4) is 0 Å². The fraction of sp³-hybridized carbons (Fsp3) is 0.150. The van der Waals surface area contributed by atoms with Crippen molar-refractivity contribution in [3.8, 4) is 18.1 Å². The van der Waals surface area contributed by atoms with Crippen molar-refractivity contribution >= 4 is 22.5 Å². The second-order valence-corrected chi connectivity index (χ2v) is 5.63. The van der Waals surface area contributed by atoms with E-state index in [-0.39, 0.29) is 24.6 Å². The molecule has 2 aromatic carbocycles. The SMILES string of the molecule is C#CCOc1ccc(N(C)C(=O)Cn2cnc3ccccc3c2=O)cc1. The lowest BCUT2D eigenvalue weighted by atomic mass is 10.2. The topological polar surface area (TPSA) is 64.4 Å². The molecule has 1 aromatic heterocycles. The van der Waals surface area contributed by atoms with E-state index in [9.17, 15) is 9.59 Å². The Balaban J connectivity index is 1.76. The van der Waals surface area contributed by atoms with Crippen molar-refractivity contribution in [2.75, 3.05) is 18.6 Å². The lowest BCUT2D eigenvalue weighted by molar-refractivity contribution is -0.118. The highest BCUT2D eigenvalue weighted by Crippen LogP contribution is 2.18. The molecular weight excluding hydrogens is 330 g/mol. The number of ether oxygens (including phenoxy) is 1. The number of anilines is 1. The summed E-state index contributed by atoms with van der Waals surface area (Å²) in [6.07, 6.45) is 6.55. The van der Waals surface area contributed by atoms with Crippen LogP contribution in [0.15, 0.2) is 59.7 Å². The van der Waals surface area contributed by atoms with Crippen molar-refractivity contribution in [2.24, 2.45) is 0 Å². The minimum Gasteiger partial charge on any atom is -0.481 e. The minimum atomic E-state index is -0.240. The first kappa shape index (κ1) is 17.2. The van der Waals surface area contributed by atoms with Gasteiger partial charge in [-0.2, -0.15) is 0 Å². The van der Waals surface area contributed by atoms with Crippen LogP contribution in [-0.4, -0.2) is 29.1 Å². The molecule has 0 saturated heterocycles. The predicted octanol–water partition coefficient (Wildman–Crippen LogP) is 2.07. The van der Waals surface area contributed by atoms with E-state index >= 15 is 0 Å². The van der Waals surface area contributed by atoms with Crippen molar-refractivity contribution in [3.05, 3.63) is 65.2 Å². The Morgan fingerprint density at radius 3 is 2.69 bits per heavy atom. The maximum atomic E-state index is 12.5. The molecule has 0 atom stereocenters. The number of nitrogens with zero attached hydrogens (tertiary/aromatic N) is 3. The third kappa shape index (κ3) is 3.57. The molecule has 3 rings (SSSR count). The Labute approximate surface area is 150 Å². The first-order valence-corrected chi connectivity index (χ1v) is 7.97. The number of carbonyl (C=O) groups excluding carboxylic acids is 1. The molecule has 130 valence electrons. The summed E-state index contributed by atoms with van der Waals surface area (Å²) in [5.41, 5.74) is 1.05. The lowest BCUT2D eigenvalue weighted by Crippen LogP contribution is -2.34. The van der Waals surface area contributed by atoms with Gasteiger partial charge in [0, 0.05) is 12.7 Å². The number of aromatic nitrogens is 2. The molecule has 0 N–H and O–H groups in total. The van der Waals surface area contributed by atoms with E-state index in [4.69, 9.17) is 11.2 Å². The van der Waals surface area contributed by atoms with E-state index in [1.807, 2.05) is 6.07 Å². The van der Waals surface area contributed by atoms with Gasteiger partial charge in [0.25, 0.3) is 5.56 Å². The number of rotatable bonds is 5. The average Bonchev–Trinajstić information content (AvgIpc) is 2.68. The molecule has 0 fully saturated rings. The van der Waals surface area contributed by atoms with Gasteiger partial charge in [0.15, 0.2) is 0 Å². The highest BCUT2D eigenvalue weighted by atomic mass is 16.5. The van der Waals surface area contributed by atoms with Crippen LogP contribution in [0.4, 0.5) is 5.69 Å². The Kier molecular flexibility index (Phi) is 4.99. The number of para-hydroxylation sites is 1. The second kappa shape index (κ2) is 7.53. The van der Waals surface area contributed by atoms with Gasteiger partial charge in [-0.25, -0.2) is 4.98 Å². The summed E-state index contributed by atoms with van der Waals surface area (Å²) in [5, 5.41) is 0.487. The van der Waals surface area contributed by atoms with Gasteiger partial charge in [0.1, 0.15) is 18.9 Å². The molecule has 3 aromatic rings. The van der Waals surface area contributed by atoms with Crippen LogP contribution < -0.4 is 15.2 Å². The lowest BCUT2D eigenvalue weighted by Gasteiger charge is -2.18. The monoisotopic (exact) mass is 347 g/mol. The molecule has 0 aliphatic carbocycles. The van der Waals surface area contributed by atoms with Crippen LogP contribution in [0.1, 0.15) is 0 Å². The molecule has 0 radical (unpaired) electrons. The summed E-state index contributed by atoms with van der Waals surface area (Å²) in [6.45, 7) is 0.0918. The zero-order valence-corrected chi connectivity index (χ0v) is 14.3. The third-order valence-corrected chi connectivity index (χ3v) is 3.96. The number of terminal acetylenes is 1. The van der Waals surface area contributed by atoms with Crippen molar-refractivity contribution in [1.29, 1.82) is 0 Å². The number of hydrogen-bond acceptors (Lipinski definition) is 4. The average molecular weight is 347 g/mol. The highest BCUT2D eigenvalue weighted by molar-refractivity contribution is 5.92. The Morgan fingerprint density at radius 2 is 1.96 bits per heavy atom. The largest absolute Gasteiger partial charge is 0.481 e. The van der Waals surface area contributed by atoms with Crippen LogP contribution in [-0.2, 0) is 11.3 Å². The van der Waals surface area contributed by atoms with Crippen molar-refractivity contribution < 1.29 is 9.53 Å². The highest BCUT2D eigenvalue weighted by Gasteiger charge is 2.13. The van der Waals surface area contributed by atoms with Crippen molar-refractivity contribution in [3.63, 3.8) is 0 Å². The van der Waals surface area contributed by atoms with Crippen LogP contribution in [0.5, 0.6) is 5.75 Å². The number of carbonyl (C=O) groups is 1. The smallest absolute Gasteiger partial charge is 0.261 e. The zero-order chi connectivity index (χ0) is 18.5. The van der Waals surface area contributed by atoms with E-state index < -0.39 is 0 Å². The second-order valence-electron chi connectivity index (χ2n) is 5.63. The molecule has 0 aliphatic rings. The molecule has 0 unspecified atom stereocenters. The Bertz CT molecular complexity index is 1030. The van der Waals surface area contributed by atoms with E-state index in [1.54, 1.807) is 49.5 Å². The summed E-state index contributed by atoms with van der Waals surface area (Å²) >= 11 is 0. The predicted molar refractivity (Wildman–Crippen MR) is 100 cm³/mol. The van der Waals surface area contributed by atoms with Gasteiger partial charge in [-0.05, 0) is 36.4 Å². The van der Waals surface area contributed by atoms with Crippen LogP contribution in [0.2, 0.25) is 0 Å². The first-order chi connectivity index (χ1) is 12.6. The van der Waals surface area contributed by atoms with Gasteiger partial charge in [0.05, 0.1) is 17.2 Å². The van der Waals surface area contributed by atoms with Crippen molar-refractivity contribution in [1.82, 2.24) is 9.55 Å². The molecule has 0 spiro atoms. The van der Waals surface area contributed by atoms with Gasteiger partial charge < -0.3 is 9.64 Å². The van der Waals surface area contributed by atoms with Crippen LogP contribution in [0.25, 0.3) is 10.9 Å². The number of fused-ring (bicyclic) bond motifs is 1. The van der Waals surface area contributed by atoms with Crippen molar-refractivity contribution in [2.45, 2.75) is 6.54 Å². The molecule has 1 heterocycles. The van der Waals surface area contributed by atoms with E-state index in [0.29, 0.717) is 22.3 Å². The molecule has 0 saturated carbocycles. The standard InChI is InChI=1S/C20H17N3O3/c1-3-12-26-16-10-8-15(9-11-16)22(2)19(24)13-23-14-21-18-7-5-4-6-17(18)20(23)25/h1,4-11,14H,12-13H2,2H3. The van der Waals surface area contributed by atoms with Gasteiger partial charge >= 0.3 is 0 Å². The number of amides is 1. The van der Waals surface area contributed by atoms with E-state index in [0.717, 1.165) is 0 Å². The number of benzene rings is 2. The van der Waals surface area contributed by atoms with Crippen LogP contribution in [0, 0.1) is 12.3 Å². The summed E-state index contributed by atoms with van der Waals surface area (Å²) in [7, 11) is 1.65. The normalized spacial score (nSPS) is 10.3. The summed E-state index contributed by atoms with van der Waals surface area (Å²) in [4.78, 5) is 30.7. The Morgan fingerprint density at radius 1 is 1.23 bits per heavy atom. The molecule has 6 nitrogen and oxygen atoms in total. The van der Waals surface area contributed by atoms with Gasteiger partial charge in [-0.3, -0.25) is 14.2 Å². The maximum absolute atomic E-state index is 12.5.